The molecule has 4 heterocycles. The molecule has 0 amide bonds. The Kier molecular flexibility index (Phi) is 6.47. The van der Waals surface area contributed by atoms with Gasteiger partial charge in [0.2, 0.25) is 11.8 Å². The van der Waals surface area contributed by atoms with Crippen molar-refractivity contribution in [3.05, 3.63) is 107 Å². The number of benzene rings is 2. The number of pyridine rings is 2. The number of nitrogens with one attached hydrogen (secondary N) is 3. The number of hydrogen-bond acceptors (Lipinski definition) is 9. The number of nitriles is 1. The number of hydrogen-bond donors (Lipinski definition) is 3. The van der Waals surface area contributed by atoms with Crippen molar-refractivity contribution in [3.8, 4) is 17.5 Å². The summed E-state index contributed by atoms with van der Waals surface area (Å²) in [4.78, 5) is 12.1. The molecule has 0 radical (unpaired) electrons. The zero-order chi connectivity index (χ0) is 27.6. The van der Waals surface area contributed by atoms with Gasteiger partial charge < -0.3 is 15.1 Å². The molecule has 196 valence electrons. The van der Waals surface area contributed by atoms with Gasteiger partial charge in [0.1, 0.15) is 18.0 Å². The van der Waals surface area contributed by atoms with Crippen LogP contribution in [0.1, 0.15) is 22.9 Å². The van der Waals surface area contributed by atoms with Gasteiger partial charge >= 0.3 is 0 Å². The molecular weight excluding hydrogens is 540 g/mol. The summed E-state index contributed by atoms with van der Waals surface area (Å²) in [5.41, 5.74) is 3.74. The minimum Gasteiger partial charge on any atom is -0.445 e. The number of halogens is 3. The lowest BCUT2D eigenvalue weighted by atomic mass is 10.0. The van der Waals surface area contributed by atoms with Crippen LogP contribution in [0, 0.1) is 23.1 Å². The average molecular weight is 556 g/mol. The van der Waals surface area contributed by atoms with Gasteiger partial charge in [-0.15, -0.1) is 0 Å². The Hall–Kier alpha value is -5.41. The highest BCUT2D eigenvalue weighted by atomic mass is 35.5. The Morgan fingerprint density at radius 2 is 1.95 bits per heavy atom. The molecule has 3 N–H and O–H groups in total. The van der Waals surface area contributed by atoms with Crippen molar-refractivity contribution in [2.24, 2.45) is 0 Å². The maximum atomic E-state index is 13.9. The lowest BCUT2D eigenvalue weighted by molar-refractivity contribution is 0.480. The molecule has 0 fully saturated rings. The van der Waals surface area contributed by atoms with Gasteiger partial charge in [0.15, 0.2) is 5.82 Å². The predicted octanol–water partition coefficient (Wildman–Crippen LogP) is 6.15. The molecule has 0 aliphatic heterocycles. The van der Waals surface area contributed by atoms with E-state index in [0.717, 1.165) is 23.4 Å². The molecule has 0 spiro atoms. The fourth-order valence-electron chi connectivity index (χ4n) is 4.28. The van der Waals surface area contributed by atoms with E-state index in [1.807, 2.05) is 24.3 Å². The van der Waals surface area contributed by atoms with E-state index in [1.54, 1.807) is 24.5 Å². The second-order valence-electron chi connectivity index (χ2n) is 8.56. The third-order valence-electron chi connectivity index (χ3n) is 6.05. The Morgan fingerprint density at radius 3 is 2.70 bits per heavy atom. The standard InChI is InChI=1S/C27H16ClF2N9O/c28-17-7-19-23(36-18-9-20(29)26(30)34-12-18)16(10-31)11-33-25(19)21(8-17)37-24(22-13-35-39-38-22)14-2-1-3-15(6-14)27-32-4-5-40-27/h1-9,11-13,24,37H,(H,33,36)(H,35,38,39)/t24-/m0/s1. The van der Waals surface area contributed by atoms with Crippen LogP contribution in [0.25, 0.3) is 22.4 Å². The minimum atomic E-state index is -1.23. The molecule has 10 nitrogen and oxygen atoms in total. The molecule has 0 saturated carbocycles. The molecule has 0 aliphatic rings. The molecule has 40 heavy (non-hydrogen) atoms. The van der Waals surface area contributed by atoms with Gasteiger partial charge in [0.05, 0.1) is 52.8 Å². The van der Waals surface area contributed by atoms with E-state index < -0.39 is 17.8 Å². The molecule has 2 aromatic carbocycles. The Balaban J connectivity index is 1.46. The number of nitrogens with zero attached hydrogens (tertiary/aromatic N) is 6. The third-order valence-corrected chi connectivity index (χ3v) is 6.27. The molecule has 1 atom stereocenters. The minimum absolute atomic E-state index is 0.140. The lowest BCUT2D eigenvalue weighted by Gasteiger charge is -2.21. The summed E-state index contributed by atoms with van der Waals surface area (Å²) in [7, 11) is 0. The quantitative estimate of drug-likeness (QED) is 0.198. The molecule has 0 saturated heterocycles. The van der Waals surface area contributed by atoms with Crippen LogP contribution in [0.5, 0.6) is 0 Å². The highest BCUT2D eigenvalue weighted by molar-refractivity contribution is 6.32. The number of H-pyrrole nitrogens is 1. The van der Waals surface area contributed by atoms with E-state index >= 15 is 0 Å². The van der Waals surface area contributed by atoms with Crippen LogP contribution in [-0.2, 0) is 0 Å². The SMILES string of the molecule is N#Cc1cnc2c(N[C@@H](c3cccc(-c4ncco4)c3)c3cn[nH]n3)cc(Cl)cc2c1Nc1cnc(F)c(F)c1. The molecule has 6 aromatic rings. The van der Waals surface area contributed by atoms with Crippen LogP contribution < -0.4 is 10.6 Å². The molecular formula is C27H16ClF2N9O. The summed E-state index contributed by atoms with van der Waals surface area (Å²) in [6.45, 7) is 0. The first-order chi connectivity index (χ1) is 19.5. The summed E-state index contributed by atoms with van der Waals surface area (Å²) in [5, 5.41) is 27.8. The molecule has 4 aromatic heterocycles. The van der Waals surface area contributed by atoms with Gasteiger partial charge in [-0.05, 0) is 29.8 Å². The normalized spacial score (nSPS) is 11.8. The predicted molar refractivity (Wildman–Crippen MR) is 143 cm³/mol. The number of aromatic amines is 1. The van der Waals surface area contributed by atoms with Crippen LogP contribution in [-0.4, -0.2) is 30.4 Å². The van der Waals surface area contributed by atoms with E-state index in [9.17, 15) is 14.0 Å². The maximum absolute atomic E-state index is 13.9. The largest absolute Gasteiger partial charge is 0.445 e. The number of rotatable bonds is 7. The van der Waals surface area contributed by atoms with Crippen LogP contribution >= 0.6 is 11.6 Å². The number of aromatic nitrogens is 6. The average Bonchev–Trinajstić information content (AvgIpc) is 3.69. The third kappa shape index (κ3) is 4.77. The molecule has 6 rings (SSSR count). The van der Waals surface area contributed by atoms with Gasteiger partial charge in [0, 0.05) is 28.2 Å². The summed E-state index contributed by atoms with van der Waals surface area (Å²) in [6.07, 6.45) is 7.15. The first-order valence-corrected chi connectivity index (χ1v) is 12.1. The number of anilines is 3. The van der Waals surface area contributed by atoms with Gasteiger partial charge in [-0.25, -0.2) is 14.4 Å². The van der Waals surface area contributed by atoms with Crippen LogP contribution in [0.3, 0.4) is 0 Å². The zero-order valence-electron chi connectivity index (χ0n) is 20.2. The molecule has 0 unspecified atom stereocenters. The van der Waals surface area contributed by atoms with Gasteiger partial charge in [-0.3, -0.25) is 4.98 Å². The van der Waals surface area contributed by atoms with E-state index in [1.165, 1.54) is 12.5 Å². The second-order valence-corrected chi connectivity index (χ2v) is 9.00. The number of fused-ring (bicyclic) bond motifs is 1. The van der Waals surface area contributed by atoms with Crippen molar-refractivity contribution in [3.63, 3.8) is 0 Å². The van der Waals surface area contributed by atoms with Crippen LogP contribution in [0.4, 0.5) is 25.8 Å². The van der Waals surface area contributed by atoms with E-state index in [-0.39, 0.29) is 11.3 Å². The smallest absolute Gasteiger partial charge is 0.249 e. The van der Waals surface area contributed by atoms with Gasteiger partial charge in [-0.2, -0.15) is 25.1 Å². The van der Waals surface area contributed by atoms with Crippen molar-refractivity contribution in [2.45, 2.75) is 6.04 Å². The molecule has 0 aliphatic carbocycles. The van der Waals surface area contributed by atoms with E-state index in [4.69, 9.17) is 16.0 Å². The fourth-order valence-corrected chi connectivity index (χ4v) is 4.50. The monoisotopic (exact) mass is 555 g/mol. The fraction of sp³-hybridized carbons (Fsp3) is 0.0370. The molecule has 0 bridgehead atoms. The van der Waals surface area contributed by atoms with Crippen LogP contribution in [0.15, 0.2) is 77.9 Å². The van der Waals surface area contributed by atoms with Crippen molar-refractivity contribution in [1.82, 2.24) is 30.4 Å². The van der Waals surface area contributed by atoms with Gasteiger partial charge in [-0.1, -0.05) is 23.7 Å². The van der Waals surface area contributed by atoms with Crippen molar-refractivity contribution >= 4 is 39.6 Å². The van der Waals surface area contributed by atoms with Crippen LogP contribution in [0.2, 0.25) is 5.02 Å². The first kappa shape index (κ1) is 24.9. The first-order valence-electron chi connectivity index (χ1n) is 11.7. The zero-order valence-corrected chi connectivity index (χ0v) is 21.0. The lowest BCUT2D eigenvalue weighted by Crippen LogP contribution is -2.14. The highest BCUT2D eigenvalue weighted by Gasteiger charge is 2.21. The van der Waals surface area contributed by atoms with Crippen molar-refractivity contribution < 1.29 is 13.2 Å². The van der Waals surface area contributed by atoms with Gasteiger partial charge in [0.25, 0.3) is 0 Å². The maximum Gasteiger partial charge on any atom is 0.249 e. The van der Waals surface area contributed by atoms with E-state index in [0.29, 0.717) is 38.9 Å². The second kappa shape index (κ2) is 10.4. The van der Waals surface area contributed by atoms with Crippen molar-refractivity contribution in [1.29, 1.82) is 5.26 Å². The summed E-state index contributed by atoms with van der Waals surface area (Å²) < 4.78 is 32.7. The Morgan fingerprint density at radius 1 is 1.05 bits per heavy atom. The van der Waals surface area contributed by atoms with Crippen molar-refractivity contribution in [2.75, 3.05) is 10.6 Å². The topological polar surface area (TPSA) is 141 Å². The molecule has 13 heteroatoms. The summed E-state index contributed by atoms with van der Waals surface area (Å²) >= 11 is 6.53. The van der Waals surface area contributed by atoms with E-state index in [2.05, 4.69) is 47.1 Å². The summed E-state index contributed by atoms with van der Waals surface area (Å²) in [5.74, 6) is -1.90. The highest BCUT2D eigenvalue weighted by Crippen LogP contribution is 2.37. The number of oxazole rings is 1. The Bertz CT molecular complexity index is 1870. The summed E-state index contributed by atoms with van der Waals surface area (Å²) in [6, 6.07) is 13.4. The Labute approximate surface area is 229 Å².